The van der Waals surface area contributed by atoms with Gasteiger partial charge >= 0.3 is 0 Å². The SMILES string of the molecule is N=C(N)N=Nc1c2cc(Cl)ccc2n2c(=O)c3cccnc3[nH]c12.NN=C(N)N.O=C1c2cc(Cl)ccc2-n2c1nc1ncccc1c2=O. The third kappa shape index (κ3) is 5.86. The highest BCUT2D eigenvalue weighted by Crippen LogP contribution is 2.34. The van der Waals surface area contributed by atoms with E-state index in [0.29, 0.717) is 60.0 Å². The number of hydrazone groups is 1. The molecule has 0 saturated heterocycles. The van der Waals surface area contributed by atoms with Crippen LogP contribution in [0.4, 0.5) is 5.69 Å². The molecule has 0 amide bonds. The Labute approximate surface area is 283 Å². The molecule has 17 nitrogen and oxygen atoms in total. The molecular formula is C30H22Cl2N14O3. The lowest BCUT2D eigenvalue weighted by Crippen LogP contribution is -2.23. The number of guanidine groups is 2. The fourth-order valence-electron chi connectivity index (χ4n) is 5.09. The molecule has 0 atom stereocenters. The van der Waals surface area contributed by atoms with Crippen LogP contribution in [-0.2, 0) is 0 Å². The van der Waals surface area contributed by atoms with Gasteiger partial charge in [0, 0.05) is 27.8 Å². The number of hydrogen-bond acceptors (Lipinski definition) is 10. The lowest BCUT2D eigenvalue weighted by molar-refractivity contribution is 0.103. The number of pyridine rings is 2. The summed E-state index contributed by atoms with van der Waals surface area (Å²) in [5.41, 5.74) is 17.1. The molecule has 10 N–H and O–H groups in total. The molecule has 8 rings (SSSR count). The number of benzene rings is 2. The minimum Gasteiger partial charge on any atom is -0.369 e. The van der Waals surface area contributed by atoms with Crippen LogP contribution >= 0.6 is 23.2 Å². The van der Waals surface area contributed by atoms with Gasteiger partial charge in [-0.25, -0.2) is 15.0 Å². The van der Waals surface area contributed by atoms with Crippen molar-refractivity contribution in [3.63, 3.8) is 0 Å². The molecule has 19 heteroatoms. The second-order valence-corrected chi connectivity index (χ2v) is 11.0. The highest BCUT2D eigenvalue weighted by Gasteiger charge is 2.30. The third-order valence-corrected chi connectivity index (χ3v) is 7.55. The molecule has 49 heavy (non-hydrogen) atoms. The number of aromatic nitrogens is 6. The Morgan fingerprint density at radius 1 is 0.857 bits per heavy atom. The van der Waals surface area contributed by atoms with Gasteiger partial charge in [-0.15, -0.1) is 15.3 Å². The van der Waals surface area contributed by atoms with E-state index in [-0.39, 0.29) is 34.3 Å². The minimum atomic E-state index is -0.439. The van der Waals surface area contributed by atoms with Gasteiger partial charge in [0.05, 0.1) is 27.5 Å². The van der Waals surface area contributed by atoms with Gasteiger partial charge in [-0.1, -0.05) is 23.2 Å². The number of nitrogens with two attached hydrogens (primary N) is 4. The van der Waals surface area contributed by atoms with Crippen LogP contribution in [0.15, 0.2) is 98.0 Å². The number of hydrogen-bond donors (Lipinski definition) is 6. The molecule has 244 valence electrons. The van der Waals surface area contributed by atoms with Crippen LogP contribution in [0.1, 0.15) is 16.2 Å². The summed E-state index contributed by atoms with van der Waals surface area (Å²) in [5.74, 6) is 3.75. The molecule has 0 saturated carbocycles. The van der Waals surface area contributed by atoms with Crippen molar-refractivity contribution in [2.24, 2.45) is 38.4 Å². The van der Waals surface area contributed by atoms with Crippen molar-refractivity contribution in [2.45, 2.75) is 0 Å². The molecule has 0 fully saturated rings. The number of H-pyrrole nitrogens is 1. The summed E-state index contributed by atoms with van der Waals surface area (Å²) in [4.78, 5) is 53.2. The maximum Gasteiger partial charge on any atom is 0.267 e. The van der Waals surface area contributed by atoms with Crippen LogP contribution in [-0.4, -0.2) is 46.6 Å². The predicted molar refractivity (Wildman–Crippen MR) is 186 cm³/mol. The smallest absolute Gasteiger partial charge is 0.267 e. The Bertz CT molecular complexity index is 2680. The maximum absolute atomic E-state index is 12.9. The zero-order valence-electron chi connectivity index (χ0n) is 24.8. The first-order valence-corrected chi connectivity index (χ1v) is 14.6. The number of halogens is 2. The van der Waals surface area contributed by atoms with Crippen LogP contribution in [0.5, 0.6) is 0 Å². The molecule has 0 unspecified atom stereocenters. The van der Waals surface area contributed by atoms with E-state index in [9.17, 15) is 14.4 Å². The number of rotatable bonds is 1. The summed E-state index contributed by atoms with van der Waals surface area (Å²) < 4.78 is 2.81. The first kappa shape index (κ1) is 32.2. The molecule has 1 aliphatic heterocycles. The van der Waals surface area contributed by atoms with E-state index in [2.05, 4.69) is 41.1 Å². The third-order valence-electron chi connectivity index (χ3n) is 7.08. The zero-order chi connectivity index (χ0) is 35.0. The molecule has 0 radical (unpaired) electrons. The highest BCUT2D eigenvalue weighted by molar-refractivity contribution is 6.32. The predicted octanol–water partition coefficient (Wildman–Crippen LogP) is 3.07. The molecule has 1 aliphatic rings. The monoisotopic (exact) mass is 696 g/mol. The Morgan fingerprint density at radius 3 is 2.24 bits per heavy atom. The standard InChI is InChI=1S/C15H10ClN7O.C14H6ClN3O2.CH6N4/c16-7-3-4-10-9(6-7)11(21-22-15(17)18)13-20-12-8(2-1-5-19-12)14(24)23(10)13;15-7-3-4-10-9(6-7)11(19)13-17-12-8(2-1-5-16-12)14(20)18(10)13;2-1(3)5-4/h1-6H,(H3,17,18)(H,19,20);1-6H;4H2,(H4,2,3,5). The fourth-order valence-corrected chi connectivity index (χ4v) is 5.43. The Hall–Kier alpha value is -6.72. The van der Waals surface area contributed by atoms with Crippen molar-refractivity contribution in [2.75, 3.05) is 0 Å². The Morgan fingerprint density at radius 2 is 1.53 bits per heavy atom. The van der Waals surface area contributed by atoms with Gasteiger partial charge in [0.25, 0.3) is 11.1 Å². The van der Waals surface area contributed by atoms with Gasteiger partial charge in [-0.2, -0.15) is 0 Å². The van der Waals surface area contributed by atoms with Crippen LogP contribution in [0.2, 0.25) is 10.0 Å². The van der Waals surface area contributed by atoms with Gasteiger partial charge in [-0.3, -0.25) is 28.8 Å². The van der Waals surface area contributed by atoms with Gasteiger partial charge in [0.1, 0.15) is 17.0 Å². The summed E-state index contributed by atoms with van der Waals surface area (Å²) in [6.07, 6.45) is 3.13. The molecule has 0 spiro atoms. The summed E-state index contributed by atoms with van der Waals surface area (Å²) in [7, 11) is 0. The summed E-state index contributed by atoms with van der Waals surface area (Å²) in [5, 5.41) is 20.1. The van der Waals surface area contributed by atoms with Gasteiger partial charge in [0.2, 0.25) is 17.7 Å². The number of carbonyl (C=O) groups is 1. The van der Waals surface area contributed by atoms with Gasteiger partial charge in [0.15, 0.2) is 11.5 Å². The first-order valence-electron chi connectivity index (χ1n) is 13.9. The van der Waals surface area contributed by atoms with Gasteiger partial charge in [-0.05, 0) is 60.7 Å². The molecule has 0 bridgehead atoms. The molecule has 6 heterocycles. The van der Waals surface area contributed by atoms with E-state index in [1.54, 1.807) is 66.9 Å². The van der Waals surface area contributed by atoms with Crippen molar-refractivity contribution in [1.82, 2.24) is 28.9 Å². The van der Waals surface area contributed by atoms with Crippen LogP contribution < -0.4 is 34.2 Å². The van der Waals surface area contributed by atoms with Crippen molar-refractivity contribution < 1.29 is 4.79 Å². The normalized spacial score (nSPS) is 11.6. The quantitative estimate of drug-likeness (QED) is 0.0479. The summed E-state index contributed by atoms with van der Waals surface area (Å²) >= 11 is 12.0. The number of nitrogens with one attached hydrogen (secondary N) is 2. The van der Waals surface area contributed by atoms with E-state index >= 15 is 0 Å². The van der Waals surface area contributed by atoms with Crippen LogP contribution in [0.25, 0.3) is 44.3 Å². The van der Waals surface area contributed by atoms with Crippen LogP contribution in [0.3, 0.4) is 0 Å². The lowest BCUT2D eigenvalue weighted by atomic mass is 10.1. The van der Waals surface area contributed by atoms with Gasteiger partial charge < -0.3 is 28.0 Å². The molecule has 2 aromatic carbocycles. The summed E-state index contributed by atoms with van der Waals surface area (Å²) in [6, 6.07) is 16.6. The molecule has 5 aromatic heterocycles. The fraction of sp³-hybridized carbons (Fsp3) is 0. The zero-order valence-corrected chi connectivity index (χ0v) is 26.3. The number of ketones is 1. The maximum atomic E-state index is 12.9. The second kappa shape index (κ2) is 12.8. The second-order valence-electron chi connectivity index (χ2n) is 10.1. The first-order chi connectivity index (χ1) is 23.5. The summed E-state index contributed by atoms with van der Waals surface area (Å²) in [6.45, 7) is 0. The molecule has 0 aliphatic carbocycles. The van der Waals surface area contributed by atoms with Crippen LogP contribution in [0, 0.1) is 5.41 Å². The van der Waals surface area contributed by atoms with E-state index in [4.69, 9.17) is 45.8 Å². The minimum absolute atomic E-state index is 0.0819. The van der Waals surface area contributed by atoms with Crippen molar-refractivity contribution >= 4 is 85.2 Å². The van der Waals surface area contributed by atoms with Crippen molar-refractivity contribution in [3.05, 3.63) is 115 Å². The molecule has 7 aromatic rings. The largest absolute Gasteiger partial charge is 0.369 e. The van der Waals surface area contributed by atoms with E-state index in [1.807, 2.05) is 0 Å². The van der Waals surface area contributed by atoms with Crippen molar-refractivity contribution in [3.8, 4) is 5.69 Å². The number of azo groups is 1. The number of carbonyl (C=O) groups excluding carboxylic acids is 1. The average molecular weight is 698 g/mol. The Balaban J connectivity index is 0.000000152. The Kier molecular flexibility index (Phi) is 8.43. The topological polar surface area (TPSA) is 280 Å². The average Bonchev–Trinajstić information content (AvgIpc) is 3.54. The number of nitrogens with zero attached hydrogens (tertiary/aromatic N) is 8. The van der Waals surface area contributed by atoms with Crippen molar-refractivity contribution in [1.29, 1.82) is 5.41 Å². The van der Waals surface area contributed by atoms with E-state index < -0.39 is 5.96 Å². The number of fused-ring (bicyclic) bond motifs is 8. The highest BCUT2D eigenvalue weighted by atomic mass is 35.5. The lowest BCUT2D eigenvalue weighted by Gasteiger charge is -2.04. The molecular weight excluding hydrogens is 675 g/mol. The van der Waals surface area contributed by atoms with E-state index in [0.717, 1.165) is 0 Å². The van der Waals surface area contributed by atoms with E-state index in [1.165, 1.54) is 15.2 Å². The number of aromatic amines is 1.